The molecule has 2 aromatic carbocycles. The summed E-state index contributed by atoms with van der Waals surface area (Å²) in [7, 11) is 1.64. The number of rotatable bonds is 6. The van der Waals surface area contributed by atoms with Crippen LogP contribution < -0.4 is 9.47 Å². The van der Waals surface area contributed by atoms with Crippen molar-refractivity contribution in [2.24, 2.45) is 0 Å². The van der Waals surface area contributed by atoms with E-state index in [1.807, 2.05) is 24.3 Å². The maximum atomic E-state index is 12.1. The summed E-state index contributed by atoms with van der Waals surface area (Å²) in [5.74, 6) is 0.991. The summed E-state index contributed by atoms with van der Waals surface area (Å²) < 4.78 is 33.9. The largest absolute Gasteiger partial charge is 0.496 e. The van der Waals surface area contributed by atoms with Crippen LogP contribution >= 0.6 is 15.9 Å². The molecule has 0 aromatic heterocycles. The SMILES string of the molecule is COc1ccccc1CC(Br)c1ccc(OC(F)F)cc1. The molecule has 0 radical (unpaired) electrons. The van der Waals surface area contributed by atoms with Gasteiger partial charge in [0.1, 0.15) is 11.5 Å². The Labute approximate surface area is 130 Å². The molecule has 0 fully saturated rings. The fourth-order valence-electron chi connectivity index (χ4n) is 2.04. The summed E-state index contributed by atoms with van der Waals surface area (Å²) >= 11 is 3.62. The second-order valence-corrected chi connectivity index (χ2v) is 5.54. The third kappa shape index (κ3) is 4.43. The molecule has 0 aliphatic rings. The van der Waals surface area contributed by atoms with Crippen molar-refractivity contribution < 1.29 is 18.3 Å². The maximum Gasteiger partial charge on any atom is 0.387 e. The van der Waals surface area contributed by atoms with Crippen LogP contribution in [-0.2, 0) is 6.42 Å². The minimum absolute atomic E-state index is 0.0643. The smallest absolute Gasteiger partial charge is 0.387 e. The number of ether oxygens (including phenoxy) is 2. The molecule has 1 unspecified atom stereocenters. The lowest BCUT2D eigenvalue weighted by atomic mass is 10.0. The zero-order chi connectivity index (χ0) is 15.2. The summed E-state index contributed by atoms with van der Waals surface area (Å²) in [5, 5.41) is 0. The minimum Gasteiger partial charge on any atom is -0.496 e. The first-order valence-electron chi connectivity index (χ1n) is 6.41. The van der Waals surface area contributed by atoms with Crippen molar-refractivity contribution in [3.8, 4) is 11.5 Å². The van der Waals surface area contributed by atoms with Crippen LogP contribution in [0.4, 0.5) is 8.78 Å². The van der Waals surface area contributed by atoms with Gasteiger partial charge in [-0.3, -0.25) is 0 Å². The molecule has 0 saturated heterocycles. The van der Waals surface area contributed by atoms with Gasteiger partial charge in [-0.2, -0.15) is 8.78 Å². The number of hydrogen-bond donors (Lipinski definition) is 0. The number of para-hydroxylation sites is 1. The van der Waals surface area contributed by atoms with E-state index in [2.05, 4.69) is 20.7 Å². The third-order valence-corrected chi connectivity index (χ3v) is 3.91. The summed E-state index contributed by atoms with van der Waals surface area (Å²) in [5.41, 5.74) is 2.07. The van der Waals surface area contributed by atoms with Gasteiger partial charge in [-0.05, 0) is 35.7 Å². The lowest BCUT2D eigenvalue weighted by molar-refractivity contribution is -0.0498. The second-order valence-electron chi connectivity index (χ2n) is 4.43. The first-order chi connectivity index (χ1) is 10.1. The molecule has 0 aliphatic heterocycles. The lowest BCUT2D eigenvalue weighted by Crippen LogP contribution is -2.02. The Morgan fingerprint density at radius 2 is 1.71 bits per heavy atom. The molecule has 0 N–H and O–H groups in total. The van der Waals surface area contributed by atoms with E-state index < -0.39 is 6.61 Å². The van der Waals surface area contributed by atoms with Gasteiger partial charge in [-0.15, -0.1) is 0 Å². The van der Waals surface area contributed by atoms with E-state index in [4.69, 9.17) is 4.74 Å². The Bertz CT molecular complexity index is 573. The predicted molar refractivity (Wildman–Crippen MR) is 81.4 cm³/mol. The van der Waals surface area contributed by atoms with Crippen LogP contribution in [0, 0.1) is 0 Å². The van der Waals surface area contributed by atoms with Gasteiger partial charge in [-0.25, -0.2) is 0 Å². The molecule has 2 rings (SSSR count). The maximum absolute atomic E-state index is 12.1. The molecule has 5 heteroatoms. The lowest BCUT2D eigenvalue weighted by Gasteiger charge is -2.14. The van der Waals surface area contributed by atoms with Gasteiger partial charge in [0.25, 0.3) is 0 Å². The molecule has 0 aliphatic carbocycles. The van der Waals surface area contributed by atoms with Gasteiger partial charge in [0.15, 0.2) is 0 Å². The Hall–Kier alpha value is -1.62. The van der Waals surface area contributed by atoms with Crippen molar-refractivity contribution >= 4 is 15.9 Å². The predicted octanol–water partition coefficient (Wildman–Crippen LogP) is 4.98. The van der Waals surface area contributed by atoms with E-state index in [1.54, 1.807) is 19.2 Å². The summed E-state index contributed by atoms with van der Waals surface area (Å²) in [6.45, 7) is -2.80. The molecule has 112 valence electrons. The van der Waals surface area contributed by atoms with Gasteiger partial charge >= 0.3 is 6.61 Å². The van der Waals surface area contributed by atoms with Gasteiger partial charge in [0.2, 0.25) is 0 Å². The van der Waals surface area contributed by atoms with E-state index in [0.717, 1.165) is 23.3 Å². The fraction of sp³-hybridized carbons (Fsp3) is 0.250. The fourth-order valence-corrected chi connectivity index (χ4v) is 2.69. The van der Waals surface area contributed by atoms with Crippen molar-refractivity contribution in [1.82, 2.24) is 0 Å². The summed E-state index contributed by atoms with van der Waals surface area (Å²) in [6, 6.07) is 14.4. The first-order valence-corrected chi connectivity index (χ1v) is 7.32. The van der Waals surface area contributed by atoms with Crippen molar-refractivity contribution in [2.45, 2.75) is 17.9 Å². The zero-order valence-electron chi connectivity index (χ0n) is 11.4. The second kappa shape index (κ2) is 7.41. The normalized spacial score (nSPS) is 12.2. The average molecular weight is 357 g/mol. The zero-order valence-corrected chi connectivity index (χ0v) is 13.0. The summed E-state index contributed by atoms with van der Waals surface area (Å²) in [6.07, 6.45) is 0.735. The van der Waals surface area contributed by atoms with Crippen LogP contribution in [0.15, 0.2) is 48.5 Å². The molecule has 0 amide bonds. The van der Waals surface area contributed by atoms with Crippen molar-refractivity contribution in [2.75, 3.05) is 7.11 Å². The Morgan fingerprint density at radius 3 is 2.33 bits per heavy atom. The van der Waals surface area contributed by atoms with Crippen molar-refractivity contribution in [3.63, 3.8) is 0 Å². The van der Waals surface area contributed by atoms with Crippen molar-refractivity contribution in [3.05, 3.63) is 59.7 Å². The summed E-state index contributed by atoms with van der Waals surface area (Å²) in [4.78, 5) is 0.0643. The monoisotopic (exact) mass is 356 g/mol. The highest BCUT2D eigenvalue weighted by molar-refractivity contribution is 9.09. The van der Waals surface area contributed by atoms with Crippen LogP contribution in [0.25, 0.3) is 0 Å². The molecular weight excluding hydrogens is 342 g/mol. The molecule has 21 heavy (non-hydrogen) atoms. The van der Waals surface area contributed by atoms with E-state index in [-0.39, 0.29) is 10.6 Å². The number of alkyl halides is 3. The Morgan fingerprint density at radius 1 is 1.05 bits per heavy atom. The molecule has 2 aromatic rings. The number of hydrogen-bond acceptors (Lipinski definition) is 2. The molecule has 1 atom stereocenters. The van der Waals surface area contributed by atoms with E-state index in [0.29, 0.717) is 0 Å². The topological polar surface area (TPSA) is 18.5 Å². The van der Waals surface area contributed by atoms with Crippen LogP contribution in [0.5, 0.6) is 11.5 Å². The van der Waals surface area contributed by atoms with Gasteiger partial charge in [-0.1, -0.05) is 46.3 Å². The highest BCUT2D eigenvalue weighted by Crippen LogP contribution is 2.31. The highest BCUT2D eigenvalue weighted by atomic mass is 79.9. The first kappa shape index (κ1) is 15.8. The van der Waals surface area contributed by atoms with Gasteiger partial charge in [0.05, 0.1) is 7.11 Å². The van der Waals surface area contributed by atoms with Gasteiger partial charge in [0, 0.05) is 4.83 Å². The molecular formula is C16H15BrF2O2. The van der Waals surface area contributed by atoms with Crippen LogP contribution in [0.1, 0.15) is 16.0 Å². The van der Waals surface area contributed by atoms with Crippen LogP contribution in [0.2, 0.25) is 0 Å². The van der Waals surface area contributed by atoms with Gasteiger partial charge < -0.3 is 9.47 Å². The average Bonchev–Trinajstić information content (AvgIpc) is 2.48. The third-order valence-electron chi connectivity index (χ3n) is 3.06. The number of methoxy groups -OCH3 is 1. The number of halogens is 3. The Kier molecular flexibility index (Phi) is 5.56. The Balaban J connectivity index is 2.07. The van der Waals surface area contributed by atoms with E-state index in [9.17, 15) is 8.78 Å². The highest BCUT2D eigenvalue weighted by Gasteiger charge is 2.12. The van der Waals surface area contributed by atoms with E-state index >= 15 is 0 Å². The molecule has 2 nitrogen and oxygen atoms in total. The quantitative estimate of drug-likeness (QED) is 0.680. The minimum atomic E-state index is -2.80. The molecule has 0 heterocycles. The van der Waals surface area contributed by atoms with Crippen LogP contribution in [-0.4, -0.2) is 13.7 Å². The molecule has 0 saturated carbocycles. The molecule has 0 spiro atoms. The van der Waals surface area contributed by atoms with E-state index in [1.165, 1.54) is 12.1 Å². The van der Waals surface area contributed by atoms with Crippen molar-refractivity contribution in [1.29, 1.82) is 0 Å². The number of benzene rings is 2. The molecule has 0 bridgehead atoms. The standard InChI is InChI=1S/C16H15BrF2O2/c1-20-15-5-3-2-4-12(15)10-14(17)11-6-8-13(9-7-11)21-16(18)19/h2-9,14,16H,10H2,1H3. The van der Waals surface area contributed by atoms with Crippen LogP contribution in [0.3, 0.4) is 0 Å².